The van der Waals surface area contributed by atoms with Gasteiger partial charge in [0.25, 0.3) is 0 Å². The molecule has 5 heteroatoms. The Labute approximate surface area is 166 Å². The van der Waals surface area contributed by atoms with Gasteiger partial charge in [-0.1, -0.05) is 40.2 Å². The highest BCUT2D eigenvalue weighted by Crippen LogP contribution is 2.38. The average molecular weight is 425 g/mol. The van der Waals surface area contributed by atoms with Crippen molar-refractivity contribution in [1.82, 2.24) is 0 Å². The van der Waals surface area contributed by atoms with Crippen LogP contribution in [-0.4, -0.2) is 12.8 Å². The van der Waals surface area contributed by atoms with Gasteiger partial charge in [-0.2, -0.15) is 5.10 Å². The molecule has 136 valence electrons. The van der Waals surface area contributed by atoms with E-state index in [9.17, 15) is 4.39 Å². The van der Waals surface area contributed by atoms with E-state index in [1.807, 2.05) is 42.5 Å². The lowest BCUT2D eigenvalue weighted by molar-refractivity contribution is 0.415. The van der Waals surface area contributed by atoms with Crippen molar-refractivity contribution in [2.24, 2.45) is 5.10 Å². The topological polar surface area (TPSA) is 24.8 Å². The number of halogens is 2. The van der Waals surface area contributed by atoms with Gasteiger partial charge in [0.1, 0.15) is 11.6 Å². The van der Waals surface area contributed by atoms with E-state index < -0.39 is 0 Å². The summed E-state index contributed by atoms with van der Waals surface area (Å²) in [4.78, 5) is 0. The van der Waals surface area contributed by atoms with Crippen molar-refractivity contribution in [3.8, 4) is 5.75 Å². The van der Waals surface area contributed by atoms with Gasteiger partial charge in [0, 0.05) is 10.9 Å². The number of benzene rings is 3. The molecule has 0 fully saturated rings. The van der Waals surface area contributed by atoms with E-state index in [-0.39, 0.29) is 11.9 Å². The van der Waals surface area contributed by atoms with Crippen LogP contribution >= 0.6 is 15.9 Å². The van der Waals surface area contributed by atoms with Crippen LogP contribution in [0.4, 0.5) is 10.1 Å². The Balaban J connectivity index is 1.75. The minimum atomic E-state index is -0.278. The lowest BCUT2D eigenvalue weighted by atomic mass is 9.98. The van der Waals surface area contributed by atoms with Gasteiger partial charge >= 0.3 is 0 Å². The summed E-state index contributed by atoms with van der Waals surface area (Å²) < 4.78 is 20.7. The summed E-state index contributed by atoms with van der Waals surface area (Å²) in [6.07, 6.45) is 0.697. The molecule has 0 spiro atoms. The van der Waals surface area contributed by atoms with Gasteiger partial charge in [-0.05, 0) is 59.7 Å². The maximum Gasteiger partial charge on any atom is 0.148 e. The van der Waals surface area contributed by atoms with Gasteiger partial charge < -0.3 is 4.74 Å². The van der Waals surface area contributed by atoms with Crippen LogP contribution in [0.15, 0.2) is 82.4 Å². The lowest BCUT2D eigenvalue weighted by Gasteiger charge is -2.24. The molecule has 0 aromatic heterocycles. The van der Waals surface area contributed by atoms with Gasteiger partial charge in [0.2, 0.25) is 0 Å². The minimum Gasteiger partial charge on any atom is -0.497 e. The molecule has 3 aromatic carbocycles. The molecule has 1 atom stereocenters. The normalized spacial score (nSPS) is 16.3. The second-order valence-electron chi connectivity index (χ2n) is 6.34. The molecule has 0 N–H and O–H groups in total. The fourth-order valence-electron chi connectivity index (χ4n) is 3.27. The van der Waals surface area contributed by atoms with E-state index in [4.69, 9.17) is 9.84 Å². The molecule has 0 unspecified atom stereocenters. The second kappa shape index (κ2) is 7.53. The van der Waals surface area contributed by atoms with Gasteiger partial charge in [-0.25, -0.2) is 4.39 Å². The molecular weight excluding hydrogens is 407 g/mol. The van der Waals surface area contributed by atoms with Crippen molar-refractivity contribution in [3.05, 3.63) is 94.2 Å². The Kier molecular flexibility index (Phi) is 4.94. The number of hydrazone groups is 1. The first-order chi connectivity index (χ1) is 13.2. The first-order valence-corrected chi connectivity index (χ1v) is 9.46. The molecule has 0 radical (unpaired) electrons. The second-order valence-corrected chi connectivity index (χ2v) is 7.26. The number of methoxy groups -OCH3 is 1. The maximum atomic E-state index is 14.5. The summed E-state index contributed by atoms with van der Waals surface area (Å²) in [7, 11) is 1.64. The molecule has 1 aliphatic rings. The third-order valence-electron chi connectivity index (χ3n) is 4.69. The standard InChI is InChI=1S/C22H18BrFN2O/c1-27-18-12-8-15(9-13-18)20-14-22(16-6-10-17(23)11-7-16)26(25-20)21-5-3-2-4-19(21)24/h2-13,22H,14H2,1H3/t22-/m1/s1. The lowest BCUT2D eigenvalue weighted by Crippen LogP contribution is -2.19. The largest absolute Gasteiger partial charge is 0.497 e. The molecule has 0 saturated heterocycles. The fraction of sp³-hybridized carbons (Fsp3) is 0.136. The first kappa shape index (κ1) is 17.7. The van der Waals surface area contributed by atoms with Gasteiger partial charge in [0.05, 0.1) is 24.6 Å². The zero-order chi connectivity index (χ0) is 18.8. The monoisotopic (exact) mass is 424 g/mol. The van der Waals surface area contributed by atoms with E-state index in [0.29, 0.717) is 12.1 Å². The Morgan fingerprint density at radius 3 is 2.37 bits per heavy atom. The highest BCUT2D eigenvalue weighted by molar-refractivity contribution is 9.10. The Hall–Kier alpha value is -2.66. The number of anilines is 1. The molecular formula is C22H18BrFN2O. The predicted octanol–water partition coefficient (Wildman–Crippen LogP) is 5.95. The molecule has 27 heavy (non-hydrogen) atoms. The zero-order valence-corrected chi connectivity index (χ0v) is 16.4. The molecule has 4 rings (SSSR count). The maximum absolute atomic E-state index is 14.5. The summed E-state index contributed by atoms with van der Waals surface area (Å²) in [5.41, 5.74) is 3.51. The molecule has 0 saturated carbocycles. The molecule has 1 aliphatic heterocycles. The van der Waals surface area contributed by atoms with Crippen LogP contribution in [-0.2, 0) is 0 Å². The van der Waals surface area contributed by atoms with Crippen molar-refractivity contribution in [2.75, 3.05) is 12.1 Å². The quantitative estimate of drug-likeness (QED) is 0.516. The SMILES string of the molecule is COc1ccc(C2=NN(c3ccccc3F)[C@@H](c3ccc(Br)cc3)C2)cc1. The van der Waals surface area contributed by atoms with Crippen LogP contribution in [0, 0.1) is 5.82 Å². The highest BCUT2D eigenvalue weighted by atomic mass is 79.9. The van der Waals surface area contributed by atoms with Crippen LogP contribution in [0.25, 0.3) is 0 Å². The average Bonchev–Trinajstić information content (AvgIpc) is 3.14. The van der Waals surface area contributed by atoms with Gasteiger partial charge in [-0.15, -0.1) is 0 Å². The van der Waals surface area contributed by atoms with Crippen LogP contribution in [0.3, 0.4) is 0 Å². The number of nitrogens with zero attached hydrogens (tertiary/aromatic N) is 2. The Bertz CT molecular complexity index is 970. The van der Waals surface area contributed by atoms with Crippen molar-refractivity contribution in [3.63, 3.8) is 0 Å². The van der Waals surface area contributed by atoms with Crippen molar-refractivity contribution < 1.29 is 9.13 Å². The van der Waals surface area contributed by atoms with Crippen LogP contribution in [0.2, 0.25) is 0 Å². The molecule has 3 aromatic rings. The number of hydrogen-bond donors (Lipinski definition) is 0. The summed E-state index contributed by atoms with van der Waals surface area (Å²) >= 11 is 3.47. The van der Waals surface area contributed by atoms with Gasteiger partial charge in [-0.3, -0.25) is 5.01 Å². The van der Waals surface area contributed by atoms with Crippen LogP contribution in [0.5, 0.6) is 5.75 Å². The predicted molar refractivity (Wildman–Crippen MR) is 110 cm³/mol. The fourth-order valence-corrected chi connectivity index (χ4v) is 3.54. The molecule has 0 bridgehead atoms. The molecule has 3 nitrogen and oxygen atoms in total. The van der Waals surface area contributed by atoms with Crippen LogP contribution in [0.1, 0.15) is 23.6 Å². The number of ether oxygens (including phenoxy) is 1. The number of para-hydroxylation sites is 1. The van der Waals surface area contributed by atoms with E-state index >= 15 is 0 Å². The Morgan fingerprint density at radius 2 is 1.70 bits per heavy atom. The first-order valence-electron chi connectivity index (χ1n) is 8.67. The number of rotatable bonds is 4. The van der Waals surface area contributed by atoms with Gasteiger partial charge in [0.15, 0.2) is 0 Å². The van der Waals surface area contributed by atoms with E-state index in [1.54, 1.807) is 24.3 Å². The van der Waals surface area contributed by atoms with E-state index in [2.05, 4.69) is 28.1 Å². The highest BCUT2D eigenvalue weighted by Gasteiger charge is 2.31. The summed E-state index contributed by atoms with van der Waals surface area (Å²) in [5.74, 6) is 0.520. The molecule has 1 heterocycles. The summed E-state index contributed by atoms with van der Waals surface area (Å²) in [6, 6.07) is 22.6. The van der Waals surface area contributed by atoms with Crippen molar-refractivity contribution >= 4 is 27.3 Å². The van der Waals surface area contributed by atoms with Crippen molar-refractivity contribution in [1.29, 1.82) is 0 Å². The zero-order valence-electron chi connectivity index (χ0n) is 14.8. The Morgan fingerprint density at radius 1 is 1.00 bits per heavy atom. The molecule has 0 amide bonds. The van der Waals surface area contributed by atoms with E-state index in [1.165, 1.54) is 6.07 Å². The minimum absolute atomic E-state index is 0.0629. The third kappa shape index (κ3) is 3.60. The number of hydrogen-bond acceptors (Lipinski definition) is 3. The molecule has 0 aliphatic carbocycles. The smallest absolute Gasteiger partial charge is 0.148 e. The summed E-state index contributed by atoms with van der Waals surface area (Å²) in [6.45, 7) is 0. The van der Waals surface area contributed by atoms with E-state index in [0.717, 1.165) is 27.1 Å². The van der Waals surface area contributed by atoms with Crippen LogP contribution < -0.4 is 9.75 Å². The summed E-state index contributed by atoms with van der Waals surface area (Å²) in [5, 5.41) is 6.57. The van der Waals surface area contributed by atoms with Crippen molar-refractivity contribution in [2.45, 2.75) is 12.5 Å². The third-order valence-corrected chi connectivity index (χ3v) is 5.22.